The zero-order valence-corrected chi connectivity index (χ0v) is 17.0. The molecule has 0 saturated carbocycles. The van der Waals surface area contributed by atoms with Gasteiger partial charge in [-0.2, -0.15) is 4.31 Å². The molecular formula is C21H28N2O3S. The Kier molecular flexibility index (Phi) is 7.56. The Morgan fingerprint density at radius 2 is 1.67 bits per heavy atom. The van der Waals surface area contributed by atoms with E-state index in [-0.39, 0.29) is 23.4 Å². The van der Waals surface area contributed by atoms with E-state index < -0.39 is 10.0 Å². The second-order valence-electron chi connectivity index (χ2n) is 6.60. The molecule has 1 unspecified atom stereocenters. The van der Waals surface area contributed by atoms with Crippen molar-refractivity contribution in [3.8, 4) is 0 Å². The van der Waals surface area contributed by atoms with Crippen molar-refractivity contribution in [1.29, 1.82) is 0 Å². The second kappa shape index (κ2) is 9.67. The highest BCUT2D eigenvalue weighted by molar-refractivity contribution is 7.89. The average Bonchev–Trinajstić information content (AvgIpc) is 2.67. The van der Waals surface area contributed by atoms with Gasteiger partial charge in [-0.25, -0.2) is 8.42 Å². The lowest BCUT2D eigenvalue weighted by Crippen LogP contribution is -2.32. The van der Waals surface area contributed by atoms with E-state index in [0.717, 1.165) is 18.4 Å². The fraction of sp³-hybridized carbons (Fsp3) is 0.381. The number of hydrogen-bond donors (Lipinski definition) is 1. The van der Waals surface area contributed by atoms with Gasteiger partial charge < -0.3 is 5.32 Å². The van der Waals surface area contributed by atoms with Crippen molar-refractivity contribution in [3.63, 3.8) is 0 Å². The first kappa shape index (κ1) is 21.1. The summed E-state index contributed by atoms with van der Waals surface area (Å²) in [4.78, 5) is 12.5. The predicted octanol–water partition coefficient (Wildman–Crippen LogP) is 3.82. The van der Waals surface area contributed by atoms with Gasteiger partial charge in [-0.15, -0.1) is 0 Å². The summed E-state index contributed by atoms with van der Waals surface area (Å²) >= 11 is 0. The molecule has 0 spiro atoms. The average molecular weight is 389 g/mol. The van der Waals surface area contributed by atoms with Gasteiger partial charge in [0.25, 0.3) is 5.91 Å². The number of rotatable bonds is 9. The number of hydrogen-bond acceptors (Lipinski definition) is 3. The third-order valence-electron chi connectivity index (χ3n) is 4.41. The predicted molar refractivity (Wildman–Crippen MR) is 108 cm³/mol. The molecular weight excluding hydrogens is 360 g/mol. The first-order chi connectivity index (χ1) is 12.9. The molecule has 0 aliphatic rings. The third kappa shape index (κ3) is 5.65. The molecule has 0 aromatic heterocycles. The molecule has 6 heteroatoms. The lowest BCUT2D eigenvalue weighted by molar-refractivity contribution is 0.0938. The highest BCUT2D eigenvalue weighted by atomic mass is 32.2. The molecule has 1 amide bonds. The molecule has 0 radical (unpaired) electrons. The van der Waals surface area contributed by atoms with Gasteiger partial charge >= 0.3 is 0 Å². The summed E-state index contributed by atoms with van der Waals surface area (Å²) in [5.41, 5.74) is 1.42. The van der Waals surface area contributed by atoms with Crippen LogP contribution in [0.25, 0.3) is 0 Å². The first-order valence-electron chi connectivity index (χ1n) is 9.33. The molecule has 0 saturated heterocycles. The van der Waals surface area contributed by atoms with Gasteiger partial charge in [-0.1, -0.05) is 50.6 Å². The molecule has 0 fully saturated rings. The van der Waals surface area contributed by atoms with Crippen LogP contribution in [0.2, 0.25) is 0 Å². The number of amides is 1. The Bertz CT molecular complexity index is 833. The Morgan fingerprint density at radius 3 is 2.22 bits per heavy atom. The maximum atomic E-state index is 12.8. The normalized spacial score (nSPS) is 12.7. The zero-order chi connectivity index (χ0) is 19.9. The van der Waals surface area contributed by atoms with E-state index in [1.54, 1.807) is 42.5 Å². The summed E-state index contributed by atoms with van der Waals surface area (Å²) in [6, 6.07) is 15.7. The molecule has 27 heavy (non-hydrogen) atoms. The van der Waals surface area contributed by atoms with Crippen LogP contribution in [0.5, 0.6) is 0 Å². The number of carbonyl (C=O) groups excluding carboxylic acids is 1. The highest BCUT2D eigenvalue weighted by Gasteiger charge is 2.23. The van der Waals surface area contributed by atoms with Crippen LogP contribution >= 0.6 is 0 Å². The Balaban J connectivity index is 2.09. The van der Waals surface area contributed by atoms with Crippen molar-refractivity contribution in [2.24, 2.45) is 0 Å². The molecule has 0 aliphatic carbocycles. The van der Waals surface area contributed by atoms with Crippen LogP contribution in [0.1, 0.15) is 49.5 Å². The SMILES string of the molecule is CCCC(C)NC(=O)c1ccc(CN(CC)S(=O)(=O)c2ccccc2)cc1. The molecule has 2 aromatic carbocycles. The smallest absolute Gasteiger partial charge is 0.251 e. The van der Waals surface area contributed by atoms with Crippen LogP contribution in [0, 0.1) is 0 Å². The van der Waals surface area contributed by atoms with Crippen LogP contribution in [0.4, 0.5) is 0 Å². The molecule has 5 nitrogen and oxygen atoms in total. The molecule has 2 aromatic rings. The van der Waals surface area contributed by atoms with Gasteiger partial charge in [-0.05, 0) is 43.2 Å². The molecule has 0 bridgehead atoms. The summed E-state index contributed by atoms with van der Waals surface area (Å²) in [6.45, 7) is 6.52. The van der Waals surface area contributed by atoms with Crippen molar-refractivity contribution < 1.29 is 13.2 Å². The molecule has 0 heterocycles. The van der Waals surface area contributed by atoms with E-state index in [9.17, 15) is 13.2 Å². The van der Waals surface area contributed by atoms with Crippen LogP contribution in [-0.2, 0) is 16.6 Å². The lowest BCUT2D eigenvalue weighted by atomic mass is 10.1. The van der Waals surface area contributed by atoms with Gasteiger partial charge in [0.05, 0.1) is 4.90 Å². The fourth-order valence-corrected chi connectivity index (χ4v) is 4.34. The number of nitrogens with one attached hydrogen (secondary N) is 1. The van der Waals surface area contributed by atoms with Crippen LogP contribution in [0.3, 0.4) is 0 Å². The van der Waals surface area contributed by atoms with E-state index >= 15 is 0 Å². The maximum absolute atomic E-state index is 12.8. The minimum atomic E-state index is -3.54. The maximum Gasteiger partial charge on any atom is 0.251 e. The van der Waals surface area contributed by atoms with E-state index in [4.69, 9.17) is 0 Å². The molecule has 1 N–H and O–H groups in total. The molecule has 1 atom stereocenters. The minimum absolute atomic E-state index is 0.105. The van der Waals surface area contributed by atoms with E-state index in [2.05, 4.69) is 12.2 Å². The van der Waals surface area contributed by atoms with Crippen molar-refractivity contribution in [1.82, 2.24) is 9.62 Å². The van der Waals surface area contributed by atoms with Gasteiger partial charge in [0, 0.05) is 24.7 Å². The minimum Gasteiger partial charge on any atom is -0.350 e. The lowest BCUT2D eigenvalue weighted by Gasteiger charge is -2.21. The molecule has 0 aliphatic heterocycles. The number of nitrogens with zero attached hydrogens (tertiary/aromatic N) is 1. The van der Waals surface area contributed by atoms with E-state index in [0.29, 0.717) is 12.1 Å². The summed E-state index contributed by atoms with van der Waals surface area (Å²) in [7, 11) is -3.54. The Hall–Kier alpha value is -2.18. The fourth-order valence-electron chi connectivity index (χ4n) is 2.89. The van der Waals surface area contributed by atoms with Gasteiger partial charge in [0.2, 0.25) is 10.0 Å². The van der Waals surface area contributed by atoms with Gasteiger partial charge in [0.15, 0.2) is 0 Å². The van der Waals surface area contributed by atoms with Crippen molar-refractivity contribution >= 4 is 15.9 Å². The highest BCUT2D eigenvalue weighted by Crippen LogP contribution is 2.18. The first-order valence-corrected chi connectivity index (χ1v) is 10.8. The zero-order valence-electron chi connectivity index (χ0n) is 16.2. The summed E-state index contributed by atoms with van der Waals surface area (Å²) in [5, 5.41) is 2.97. The van der Waals surface area contributed by atoms with Crippen LogP contribution in [-0.4, -0.2) is 31.2 Å². The largest absolute Gasteiger partial charge is 0.350 e. The number of sulfonamides is 1. The van der Waals surface area contributed by atoms with Crippen LogP contribution < -0.4 is 5.32 Å². The molecule has 2 rings (SSSR count). The van der Waals surface area contributed by atoms with Crippen molar-refractivity contribution in [2.75, 3.05) is 6.54 Å². The Morgan fingerprint density at radius 1 is 1.04 bits per heavy atom. The van der Waals surface area contributed by atoms with E-state index in [1.165, 1.54) is 4.31 Å². The molecule has 146 valence electrons. The Labute approximate surface area is 162 Å². The van der Waals surface area contributed by atoms with Gasteiger partial charge in [0.1, 0.15) is 0 Å². The number of benzene rings is 2. The summed E-state index contributed by atoms with van der Waals surface area (Å²) in [6.07, 6.45) is 1.95. The van der Waals surface area contributed by atoms with Crippen LogP contribution in [0.15, 0.2) is 59.5 Å². The summed E-state index contributed by atoms with van der Waals surface area (Å²) in [5.74, 6) is -0.105. The second-order valence-corrected chi connectivity index (χ2v) is 8.54. The summed E-state index contributed by atoms with van der Waals surface area (Å²) < 4.78 is 27.0. The monoisotopic (exact) mass is 388 g/mol. The van der Waals surface area contributed by atoms with E-state index in [1.807, 2.05) is 26.0 Å². The van der Waals surface area contributed by atoms with Crippen molar-refractivity contribution in [3.05, 3.63) is 65.7 Å². The standard InChI is InChI=1S/C21H28N2O3S/c1-4-9-17(3)22-21(24)19-14-12-18(13-15-19)16-23(5-2)27(25,26)20-10-7-6-8-11-20/h6-8,10-15,17H,4-5,9,16H2,1-3H3,(H,22,24). The van der Waals surface area contributed by atoms with Gasteiger partial charge in [-0.3, -0.25) is 4.79 Å². The number of carbonyl (C=O) groups is 1. The van der Waals surface area contributed by atoms with Crippen molar-refractivity contribution in [2.45, 2.75) is 51.1 Å². The third-order valence-corrected chi connectivity index (χ3v) is 6.34. The quantitative estimate of drug-likeness (QED) is 0.710. The topological polar surface area (TPSA) is 66.5 Å².